The van der Waals surface area contributed by atoms with Gasteiger partial charge < -0.3 is 16.0 Å². The Labute approximate surface area is 170 Å². The molecule has 1 unspecified atom stereocenters. The van der Waals surface area contributed by atoms with Crippen molar-refractivity contribution in [3.63, 3.8) is 0 Å². The van der Waals surface area contributed by atoms with Crippen molar-refractivity contribution in [2.75, 3.05) is 23.7 Å². The molecule has 29 heavy (non-hydrogen) atoms. The lowest BCUT2D eigenvalue weighted by atomic mass is 10.2. The SMILES string of the molecule is Fc1cnccc1-c1nc(NC2CCNC2)c2scc(Nc3cccnc3)c2n1. The Kier molecular flexibility index (Phi) is 4.74. The molecule has 0 saturated carbocycles. The fourth-order valence-electron chi connectivity index (χ4n) is 3.35. The van der Waals surface area contributed by atoms with E-state index >= 15 is 0 Å². The van der Waals surface area contributed by atoms with Crippen molar-refractivity contribution in [3.05, 3.63) is 54.2 Å². The zero-order valence-corrected chi connectivity index (χ0v) is 16.2. The largest absolute Gasteiger partial charge is 0.365 e. The number of aromatic nitrogens is 4. The van der Waals surface area contributed by atoms with Gasteiger partial charge in [0.05, 0.1) is 34.0 Å². The number of nitrogens with zero attached hydrogens (tertiary/aromatic N) is 4. The van der Waals surface area contributed by atoms with Gasteiger partial charge in [0.2, 0.25) is 0 Å². The third-order valence-electron chi connectivity index (χ3n) is 4.77. The van der Waals surface area contributed by atoms with E-state index in [2.05, 4.69) is 30.9 Å². The van der Waals surface area contributed by atoms with Gasteiger partial charge in [-0.3, -0.25) is 9.97 Å². The summed E-state index contributed by atoms with van der Waals surface area (Å²) in [6, 6.07) is 5.67. The molecule has 0 amide bonds. The summed E-state index contributed by atoms with van der Waals surface area (Å²) in [5.74, 6) is 0.606. The number of fused-ring (bicyclic) bond motifs is 1. The second-order valence-corrected chi connectivity index (χ2v) is 7.66. The second kappa shape index (κ2) is 7.69. The lowest BCUT2D eigenvalue weighted by Gasteiger charge is -2.14. The maximum atomic E-state index is 14.4. The number of pyridine rings is 2. The van der Waals surface area contributed by atoms with Gasteiger partial charge in [0.1, 0.15) is 11.3 Å². The van der Waals surface area contributed by atoms with Crippen LogP contribution in [0.5, 0.6) is 0 Å². The highest BCUT2D eigenvalue weighted by molar-refractivity contribution is 7.18. The summed E-state index contributed by atoms with van der Waals surface area (Å²) in [6.07, 6.45) is 7.21. The van der Waals surface area contributed by atoms with Crippen LogP contribution in [0.2, 0.25) is 0 Å². The van der Waals surface area contributed by atoms with Gasteiger partial charge in [-0.05, 0) is 31.2 Å². The van der Waals surface area contributed by atoms with Crippen molar-refractivity contribution in [2.45, 2.75) is 12.5 Å². The molecule has 4 aromatic rings. The summed E-state index contributed by atoms with van der Waals surface area (Å²) in [7, 11) is 0. The maximum Gasteiger partial charge on any atom is 0.165 e. The van der Waals surface area contributed by atoms with Crippen molar-refractivity contribution in [3.8, 4) is 11.4 Å². The van der Waals surface area contributed by atoms with Gasteiger partial charge in [0.15, 0.2) is 11.6 Å². The third kappa shape index (κ3) is 3.62. The Morgan fingerprint density at radius 3 is 2.86 bits per heavy atom. The standard InChI is InChI=1S/C20H18FN7S/c21-15-10-24-7-4-14(15)19-27-17-16(25-12-2-1-5-22-8-12)11-29-18(17)20(28-19)26-13-3-6-23-9-13/h1-2,4-5,7-8,10-11,13,23,25H,3,6,9H2,(H,26,27,28). The van der Waals surface area contributed by atoms with Crippen LogP contribution in [-0.4, -0.2) is 39.1 Å². The monoisotopic (exact) mass is 407 g/mol. The summed E-state index contributed by atoms with van der Waals surface area (Å²) >= 11 is 1.55. The highest BCUT2D eigenvalue weighted by Gasteiger charge is 2.20. The van der Waals surface area contributed by atoms with Gasteiger partial charge in [-0.25, -0.2) is 14.4 Å². The van der Waals surface area contributed by atoms with Crippen LogP contribution in [0.15, 0.2) is 48.4 Å². The first-order chi connectivity index (χ1) is 14.3. The molecule has 0 aromatic carbocycles. The fraction of sp³-hybridized carbons (Fsp3) is 0.200. The zero-order chi connectivity index (χ0) is 19.6. The van der Waals surface area contributed by atoms with Crippen LogP contribution >= 0.6 is 11.3 Å². The number of nitrogens with one attached hydrogen (secondary N) is 3. The first-order valence-electron chi connectivity index (χ1n) is 9.31. The number of hydrogen-bond donors (Lipinski definition) is 3. The molecule has 5 rings (SSSR count). The normalized spacial score (nSPS) is 16.2. The summed E-state index contributed by atoms with van der Waals surface area (Å²) in [5, 5.41) is 12.2. The average molecular weight is 407 g/mol. The van der Waals surface area contributed by atoms with E-state index in [1.54, 1.807) is 36.0 Å². The number of rotatable bonds is 5. The lowest BCUT2D eigenvalue weighted by Crippen LogP contribution is -2.23. The summed E-state index contributed by atoms with van der Waals surface area (Å²) in [6.45, 7) is 1.84. The summed E-state index contributed by atoms with van der Waals surface area (Å²) in [4.78, 5) is 17.3. The number of thiophene rings is 1. The van der Waals surface area contributed by atoms with Crippen LogP contribution in [0.4, 0.5) is 21.6 Å². The summed E-state index contributed by atoms with van der Waals surface area (Å²) in [5.41, 5.74) is 2.77. The molecule has 0 spiro atoms. The van der Waals surface area contributed by atoms with E-state index in [0.29, 0.717) is 11.4 Å². The predicted octanol–water partition coefficient (Wildman–Crippen LogP) is 3.80. The molecular weight excluding hydrogens is 389 g/mol. The molecule has 4 aromatic heterocycles. The van der Waals surface area contributed by atoms with Gasteiger partial charge >= 0.3 is 0 Å². The van der Waals surface area contributed by atoms with Gasteiger partial charge in [0, 0.05) is 30.4 Å². The van der Waals surface area contributed by atoms with E-state index in [-0.39, 0.29) is 6.04 Å². The van der Waals surface area contributed by atoms with Crippen molar-refractivity contribution >= 4 is 38.7 Å². The predicted molar refractivity (Wildman–Crippen MR) is 113 cm³/mol. The van der Waals surface area contributed by atoms with E-state index in [4.69, 9.17) is 4.98 Å². The minimum absolute atomic E-state index is 0.278. The van der Waals surface area contributed by atoms with Crippen LogP contribution in [-0.2, 0) is 0 Å². The number of hydrogen-bond acceptors (Lipinski definition) is 8. The van der Waals surface area contributed by atoms with Gasteiger partial charge in [-0.15, -0.1) is 11.3 Å². The topological polar surface area (TPSA) is 87.7 Å². The first-order valence-corrected chi connectivity index (χ1v) is 10.2. The van der Waals surface area contributed by atoms with E-state index in [9.17, 15) is 4.39 Å². The molecule has 3 N–H and O–H groups in total. The van der Waals surface area contributed by atoms with Crippen LogP contribution in [0, 0.1) is 5.82 Å². The second-order valence-electron chi connectivity index (χ2n) is 6.78. The lowest BCUT2D eigenvalue weighted by molar-refractivity contribution is 0.623. The summed E-state index contributed by atoms with van der Waals surface area (Å²) < 4.78 is 15.3. The molecular formula is C20H18FN7S. The first kappa shape index (κ1) is 17.9. The van der Waals surface area contributed by atoms with Crippen LogP contribution < -0.4 is 16.0 Å². The van der Waals surface area contributed by atoms with Gasteiger partial charge in [0.25, 0.3) is 0 Å². The molecule has 0 bridgehead atoms. The molecule has 9 heteroatoms. The minimum atomic E-state index is -0.447. The van der Waals surface area contributed by atoms with Crippen molar-refractivity contribution in [2.24, 2.45) is 0 Å². The average Bonchev–Trinajstić information content (AvgIpc) is 3.40. The highest BCUT2D eigenvalue weighted by atomic mass is 32.1. The molecule has 7 nitrogen and oxygen atoms in total. The molecule has 1 aliphatic heterocycles. The maximum absolute atomic E-state index is 14.4. The van der Waals surface area contributed by atoms with Crippen molar-refractivity contribution in [1.29, 1.82) is 0 Å². The molecule has 0 aliphatic carbocycles. The van der Waals surface area contributed by atoms with E-state index in [0.717, 1.165) is 46.9 Å². The third-order valence-corrected chi connectivity index (χ3v) is 5.75. The van der Waals surface area contributed by atoms with Crippen LogP contribution in [0.3, 0.4) is 0 Å². The zero-order valence-electron chi connectivity index (χ0n) is 15.4. The van der Waals surface area contributed by atoms with Gasteiger partial charge in [-0.1, -0.05) is 0 Å². The van der Waals surface area contributed by atoms with Gasteiger partial charge in [-0.2, -0.15) is 0 Å². The molecule has 1 aliphatic rings. The molecule has 146 valence electrons. The minimum Gasteiger partial charge on any atom is -0.365 e. The van der Waals surface area contributed by atoms with E-state index in [1.165, 1.54) is 6.20 Å². The molecule has 0 radical (unpaired) electrons. The highest BCUT2D eigenvalue weighted by Crippen LogP contribution is 2.37. The number of halogens is 1. The molecule has 1 fully saturated rings. The Morgan fingerprint density at radius 1 is 1.14 bits per heavy atom. The van der Waals surface area contributed by atoms with E-state index in [1.807, 2.05) is 17.5 Å². The Balaban J connectivity index is 1.62. The smallest absolute Gasteiger partial charge is 0.165 e. The quantitative estimate of drug-likeness (QED) is 0.464. The molecule has 1 atom stereocenters. The Hall–Kier alpha value is -3.17. The van der Waals surface area contributed by atoms with Crippen LogP contribution in [0.25, 0.3) is 21.6 Å². The van der Waals surface area contributed by atoms with Crippen molar-refractivity contribution in [1.82, 2.24) is 25.3 Å². The molecule has 5 heterocycles. The van der Waals surface area contributed by atoms with E-state index < -0.39 is 5.82 Å². The van der Waals surface area contributed by atoms with Crippen molar-refractivity contribution < 1.29 is 4.39 Å². The number of anilines is 3. The Morgan fingerprint density at radius 2 is 2.07 bits per heavy atom. The fourth-order valence-corrected chi connectivity index (χ4v) is 4.23. The molecule has 1 saturated heterocycles. The van der Waals surface area contributed by atoms with Crippen LogP contribution in [0.1, 0.15) is 6.42 Å². The Bertz CT molecular complexity index is 1140.